The monoisotopic (exact) mass is 420 g/mol. The molecule has 1 fully saturated rings. The van der Waals surface area contributed by atoms with Crippen LogP contribution in [0.1, 0.15) is 42.0 Å². The normalized spacial score (nSPS) is 17.4. The largest absolute Gasteiger partial charge is 0.453 e. The third kappa shape index (κ3) is 5.11. The van der Waals surface area contributed by atoms with E-state index in [2.05, 4.69) is 25.7 Å². The van der Waals surface area contributed by atoms with Crippen LogP contribution in [-0.4, -0.2) is 45.1 Å². The highest BCUT2D eigenvalue weighted by Crippen LogP contribution is 2.27. The lowest BCUT2D eigenvalue weighted by Gasteiger charge is -2.22. The summed E-state index contributed by atoms with van der Waals surface area (Å²) in [6.07, 6.45) is -1.78. The molecule has 1 saturated heterocycles. The number of carbonyl (C=O) groups is 1. The lowest BCUT2D eigenvalue weighted by atomic mass is 9.99. The van der Waals surface area contributed by atoms with Crippen molar-refractivity contribution in [1.29, 1.82) is 0 Å². The first-order chi connectivity index (χ1) is 12.8. The molecule has 0 spiro atoms. The Morgan fingerprint density at radius 3 is 2.71 bits per heavy atom. The predicted octanol–water partition coefficient (Wildman–Crippen LogP) is 2.23. The number of carbonyl (C=O) groups excluding carboxylic acids is 1. The van der Waals surface area contributed by atoms with Crippen LogP contribution in [0, 0.1) is 19.8 Å². The first kappa shape index (κ1) is 22.4. The van der Waals surface area contributed by atoms with Gasteiger partial charge in [-0.2, -0.15) is 18.2 Å². The van der Waals surface area contributed by atoms with Gasteiger partial charge >= 0.3 is 6.18 Å². The van der Waals surface area contributed by atoms with E-state index in [0.29, 0.717) is 30.3 Å². The number of aromatic nitrogens is 4. The number of amides is 1. The van der Waals surface area contributed by atoms with E-state index in [1.165, 1.54) is 0 Å². The van der Waals surface area contributed by atoms with Gasteiger partial charge in [-0.25, -0.2) is 9.50 Å². The van der Waals surface area contributed by atoms with Crippen molar-refractivity contribution in [3.8, 4) is 0 Å². The molecule has 11 heteroatoms. The fourth-order valence-electron chi connectivity index (χ4n) is 3.37. The maximum atomic E-state index is 12.8. The van der Waals surface area contributed by atoms with E-state index in [9.17, 15) is 18.0 Å². The molecule has 1 atom stereocenters. The Morgan fingerprint density at radius 2 is 2.07 bits per heavy atom. The van der Waals surface area contributed by atoms with Crippen molar-refractivity contribution in [2.24, 2.45) is 5.92 Å². The Hall–Kier alpha value is -1.94. The van der Waals surface area contributed by atoms with Gasteiger partial charge in [0.05, 0.1) is 0 Å². The van der Waals surface area contributed by atoms with Gasteiger partial charge < -0.3 is 10.6 Å². The molecule has 0 bridgehead atoms. The zero-order valence-corrected chi connectivity index (χ0v) is 16.6. The number of piperidine rings is 1. The number of fused-ring (bicyclic) bond motifs is 1. The van der Waals surface area contributed by atoms with Crippen LogP contribution in [0.25, 0.3) is 5.78 Å². The van der Waals surface area contributed by atoms with Crippen LogP contribution < -0.4 is 10.6 Å². The Balaban J connectivity index is 0.00000280. The van der Waals surface area contributed by atoms with E-state index in [1.807, 2.05) is 0 Å². The lowest BCUT2D eigenvalue weighted by Crippen LogP contribution is -2.38. The molecule has 0 aromatic carbocycles. The maximum Gasteiger partial charge on any atom is 0.453 e. The Kier molecular flexibility index (Phi) is 7.22. The Morgan fingerprint density at radius 1 is 1.32 bits per heavy atom. The summed E-state index contributed by atoms with van der Waals surface area (Å²) in [6.45, 7) is 5.94. The summed E-state index contributed by atoms with van der Waals surface area (Å²) in [5.41, 5.74) is 1.80. The smallest absolute Gasteiger partial charge is 0.356 e. The Bertz CT molecular complexity index is 832. The SMILES string of the molecule is Cc1nc2nc(C(F)(F)F)nn2c(C)c1CCC(=O)NCC1CCCNC1.Cl. The molecule has 1 aliphatic rings. The maximum absolute atomic E-state index is 12.8. The molecule has 1 amide bonds. The molecule has 3 rings (SSSR count). The van der Waals surface area contributed by atoms with Crippen molar-refractivity contribution < 1.29 is 18.0 Å². The van der Waals surface area contributed by atoms with Gasteiger partial charge in [0.15, 0.2) is 0 Å². The van der Waals surface area contributed by atoms with Crippen LogP contribution in [0.2, 0.25) is 0 Å². The van der Waals surface area contributed by atoms with Gasteiger partial charge in [0, 0.05) is 24.4 Å². The van der Waals surface area contributed by atoms with Crippen molar-refractivity contribution in [1.82, 2.24) is 30.2 Å². The summed E-state index contributed by atoms with van der Waals surface area (Å²) in [7, 11) is 0. The number of hydrogen-bond acceptors (Lipinski definition) is 5. The first-order valence-corrected chi connectivity index (χ1v) is 9.03. The van der Waals surface area contributed by atoms with Gasteiger partial charge in [-0.15, -0.1) is 17.5 Å². The minimum atomic E-state index is -4.62. The first-order valence-electron chi connectivity index (χ1n) is 9.03. The number of alkyl halides is 3. The summed E-state index contributed by atoms with van der Waals surface area (Å²) in [5.74, 6) is -0.932. The molecule has 7 nitrogen and oxygen atoms in total. The number of rotatable bonds is 5. The molecule has 2 aromatic rings. The van der Waals surface area contributed by atoms with Gasteiger partial charge in [0.2, 0.25) is 5.91 Å². The van der Waals surface area contributed by atoms with Crippen molar-refractivity contribution >= 4 is 24.1 Å². The third-order valence-electron chi connectivity index (χ3n) is 4.89. The molecule has 1 unspecified atom stereocenters. The predicted molar refractivity (Wildman–Crippen MR) is 99.4 cm³/mol. The summed E-state index contributed by atoms with van der Waals surface area (Å²) >= 11 is 0. The number of nitrogens with zero attached hydrogens (tertiary/aromatic N) is 4. The molecule has 156 valence electrons. The van der Waals surface area contributed by atoms with Crippen LogP contribution in [0.15, 0.2) is 0 Å². The number of hydrogen-bond donors (Lipinski definition) is 2. The van der Waals surface area contributed by atoms with Gasteiger partial charge in [-0.3, -0.25) is 4.79 Å². The summed E-state index contributed by atoms with van der Waals surface area (Å²) in [5, 5.41) is 9.77. The topological polar surface area (TPSA) is 84.2 Å². The van der Waals surface area contributed by atoms with E-state index >= 15 is 0 Å². The molecule has 2 N–H and O–H groups in total. The third-order valence-corrected chi connectivity index (χ3v) is 4.89. The van der Waals surface area contributed by atoms with Crippen LogP contribution in [0.5, 0.6) is 0 Å². The number of nitrogens with one attached hydrogen (secondary N) is 2. The molecule has 0 aliphatic carbocycles. The van der Waals surface area contributed by atoms with Crippen LogP contribution in [0.3, 0.4) is 0 Å². The van der Waals surface area contributed by atoms with Crippen molar-refractivity contribution in [3.63, 3.8) is 0 Å². The van der Waals surface area contributed by atoms with E-state index in [-0.39, 0.29) is 30.5 Å². The molecule has 0 saturated carbocycles. The van der Waals surface area contributed by atoms with Crippen LogP contribution in [-0.2, 0) is 17.4 Å². The average Bonchev–Trinajstić information content (AvgIpc) is 3.05. The summed E-state index contributed by atoms with van der Waals surface area (Å²) in [6, 6.07) is 0. The fourth-order valence-corrected chi connectivity index (χ4v) is 3.37. The second kappa shape index (κ2) is 9.04. The van der Waals surface area contributed by atoms with Crippen molar-refractivity contribution in [3.05, 3.63) is 22.8 Å². The molecule has 0 radical (unpaired) electrons. The molecule has 2 aromatic heterocycles. The van der Waals surface area contributed by atoms with E-state index < -0.39 is 12.0 Å². The van der Waals surface area contributed by atoms with Gasteiger partial charge in [0.25, 0.3) is 11.6 Å². The molecule has 3 heterocycles. The van der Waals surface area contributed by atoms with Gasteiger partial charge in [-0.1, -0.05) is 0 Å². The molecule has 28 heavy (non-hydrogen) atoms. The second-order valence-electron chi connectivity index (χ2n) is 6.92. The van der Waals surface area contributed by atoms with Crippen molar-refractivity contribution in [2.75, 3.05) is 19.6 Å². The second-order valence-corrected chi connectivity index (χ2v) is 6.92. The highest BCUT2D eigenvalue weighted by Gasteiger charge is 2.37. The Labute approximate surface area is 166 Å². The molecule has 1 aliphatic heterocycles. The zero-order valence-electron chi connectivity index (χ0n) is 15.8. The van der Waals surface area contributed by atoms with E-state index in [0.717, 1.165) is 36.0 Å². The van der Waals surface area contributed by atoms with Crippen molar-refractivity contribution in [2.45, 2.75) is 45.7 Å². The quantitative estimate of drug-likeness (QED) is 0.775. The van der Waals surface area contributed by atoms with Crippen LogP contribution >= 0.6 is 12.4 Å². The van der Waals surface area contributed by atoms with Crippen LogP contribution in [0.4, 0.5) is 13.2 Å². The molecular weight excluding hydrogens is 397 g/mol. The standard InChI is InChI=1S/C17H23F3N6O.ClH/c1-10-13(5-6-14(27)22-9-12-4-3-7-21-8-12)11(2)26-16(23-10)24-15(25-26)17(18,19)20;/h12,21H,3-9H2,1-2H3,(H,22,27);1H. The zero-order chi connectivity index (χ0) is 19.6. The van der Waals surface area contributed by atoms with Gasteiger partial charge in [-0.05, 0) is 57.7 Å². The fraction of sp³-hybridized carbons (Fsp3) is 0.647. The van der Waals surface area contributed by atoms with E-state index in [1.54, 1.807) is 13.8 Å². The number of halogens is 4. The minimum absolute atomic E-state index is 0. The summed E-state index contributed by atoms with van der Waals surface area (Å²) in [4.78, 5) is 19.7. The highest BCUT2D eigenvalue weighted by molar-refractivity contribution is 5.85. The lowest BCUT2D eigenvalue weighted by molar-refractivity contribution is -0.144. The summed E-state index contributed by atoms with van der Waals surface area (Å²) < 4.78 is 39.6. The van der Waals surface area contributed by atoms with E-state index in [4.69, 9.17) is 0 Å². The average molecular weight is 421 g/mol. The highest BCUT2D eigenvalue weighted by atomic mass is 35.5. The molecular formula is C17H24ClF3N6O. The minimum Gasteiger partial charge on any atom is -0.356 e. The van der Waals surface area contributed by atoms with Gasteiger partial charge in [0.1, 0.15) is 0 Å². The number of aryl methyl sites for hydroxylation is 2.